The van der Waals surface area contributed by atoms with E-state index in [1.165, 1.54) is 17.7 Å². The number of nitrogens with zero attached hydrogens (tertiary/aromatic N) is 3. The van der Waals surface area contributed by atoms with Gasteiger partial charge in [-0.15, -0.1) is 11.3 Å². The number of primary amides is 1. The molecule has 0 saturated heterocycles. The van der Waals surface area contributed by atoms with Crippen LogP contribution >= 0.6 is 11.3 Å². The number of nitrogens with one attached hydrogen (secondary N) is 1. The highest BCUT2D eigenvalue weighted by atomic mass is 32.1. The van der Waals surface area contributed by atoms with Crippen LogP contribution in [0.3, 0.4) is 0 Å². The van der Waals surface area contributed by atoms with E-state index in [1.54, 1.807) is 0 Å². The summed E-state index contributed by atoms with van der Waals surface area (Å²) >= 11 is 1.22. The van der Waals surface area contributed by atoms with Crippen molar-refractivity contribution in [2.45, 2.75) is 33.3 Å². The summed E-state index contributed by atoms with van der Waals surface area (Å²) < 4.78 is 11.9. The molecule has 2 heterocycles. The maximum atomic E-state index is 11.4. The van der Waals surface area contributed by atoms with Crippen molar-refractivity contribution >= 4 is 39.7 Å². The summed E-state index contributed by atoms with van der Waals surface area (Å²) in [5, 5.41) is 6.27. The SMILES string of the molecule is CCOc1cc2c(Nc3cccc(-c4csc(C(N)=O)n4)c3)ncnc2cc1OC(C)CC. The van der Waals surface area contributed by atoms with Crippen molar-refractivity contribution in [3.05, 3.63) is 53.1 Å². The van der Waals surface area contributed by atoms with Gasteiger partial charge < -0.3 is 20.5 Å². The number of carbonyl (C=O) groups excluding carboxylic acids is 1. The van der Waals surface area contributed by atoms with E-state index in [0.29, 0.717) is 29.6 Å². The van der Waals surface area contributed by atoms with Gasteiger partial charge in [0.1, 0.15) is 12.1 Å². The molecule has 170 valence electrons. The lowest BCUT2D eigenvalue weighted by molar-refractivity contribution is 0.1000. The van der Waals surface area contributed by atoms with Gasteiger partial charge in [-0.25, -0.2) is 15.0 Å². The van der Waals surface area contributed by atoms with Crippen LogP contribution in [0.1, 0.15) is 37.0 Å². The summed E-state index contributed by atoms with van der Waals surface area (Å²) in [5.74, 6) is 1.43. The molecule has 4 rings (SSSR count). The second-order valence-electron chi connectivity index (χ2n) is 7.42. The second-order valence-corrected chi connectivity index (χ2v) is 8.27. The lowest BCUT2D eigenvalue weighted by Gasteiger charge is -2.17. The van der Waals surface area contributed by atoms with Gasteiger partial charge in [0.15, 0.2) is 16.5 Å². The highest BCUT2D eigenvalue weighted by Crippen LogP contribution is 2.36. The molecule has 9 heteroatoms. The maximum Gasteiger partial charge on any atom is 0.277 e. The van der Waals surface area contributed by atoms with E-state index >= 15 is 0 Å². The number of hydrogen-bond donors (Lipinski definition) is 2. The van der Waals surface area contributed by atoms with E-state index in [2.05, 4.69) is 27.2 Å². The minimum Gasteiger partial charge on any atom is -0.490 e. The van der Waals surface area contributed by atoms with Crippen molar-refractivity contribution in [1.29, 1.82) is 0 Å². The van der Waals surface area contributed by atoms with Crippen molar-refractivity contribution in [3.63, 3.8) is 0 Å². The highest BCUT2D eigenvalue weighted by molar-refractivity contribution is 7.12. The van der Waals surface area contributed by atoms with E-state index in [9.17, 15) is 4.79 Å². The fourth-order valence-corrected chi connectivity index (χ4v) is 3.92. The van der Waals surface area contributed by atoms with Crippen molar-refractivity contribution in [2.75, 3.05) is 11.9 Å². The number of rotatable bonds is 9. The molecule has 1 unspecified atom stereocenters. The predicted octanol–water partition coefficient (Wildman–Crippen LogP) is 5.17. The molecule has 2 aromatic carbocycles. The van der Waals surface area contributed by atoms with Gasteiger partial charge >= 0.3 is 0 Å². The van der Waals surface area contributed by atoms with E-state index in [0.717, 1.165) is 28.6 Å². The zero-order chi connectivity index (χ0) is 23.4. The van der Waals surface area contributed by atoms with Gasteiger partial charge in [-0.05, 0) is 38.5 Å². The number of anilines is 2. The van der Waals surface area contributed by atoms with Crippen LogP contribution in [-0.2, 0) is 0 Å². The van der Waals surface area contributed by atoms with Crippen LogP contribution in [0, 0.1) is 0 Å². The number of thiazole rings is 1. The van der Waals surface area contributed by atoms with Crippen LogP contribution in [0.15, 0.2) is 48.1 Å². The first kappa shape index (κ1) is 22.5. The topological polar surface area (TPSA) is 112 Å². The molecule has 3 N–H and O–H groups in total. The van der Waals surface area contributed by atoms with Crippen LogP contribution in [0.4, 0.5) is 11.5 Å². The van der Waals surface area contributed by atoms with Crippen molar-refractivity contribution < 1.29 is 14.3 Å². The third-order valence-corrected chi connectivity index (χ3v) is 5.90. The van der Waals surface area contributed by atoms with Crippen LogP contribution in [-0.4, -0.2) is 33.6 Å². The molecule has 8 nitrogen and oxygen atoms in total. The Bertz CT molecular complexity index is 1290. The molecule has 0 aliphatic carbocycles. The third kappa shape index (κ3) is 5.04. The fraction of sp³-hybridized carbons (Fsp3) is 0.250. The first-order valence-corrected chi connectivity index (χ1v) is 11.6. The highest BCUT2D eigenvalue weighted by Gasteiger charge is 2.15. The number of fused-ring (bicyclic) bond motifs is 1. The molecule has 0 fully saturated rings. The summed E-state index contributed by atoms with van der Waals surface area (Å²) in [6.45, 7) is 6.55. The molecule has 0 radical (unpaired) electrons. The van der Waals surface area contributed by atoms with E-state index in [1.807, 2.05) is 55.6 Å². The first-order valence-electron chi connectivity index (χ1n) is 10.7. The van der Waals surface area contributed by atoms with E-state index < -0.39 is 5.91 Å². The Morgan fingerprint density at radius 1 is 1.18 bits per heavy atom. The number of aromatic nitrogens is 3. The number of hydrogen-bond acceptors (Lipinski definition) is 8. The summed E-state index contributed by atoms with van der Waals surface area (Å²) in [4.78, 5) is 24.6. The lowest BCUT2D eigenvalue weighted by Crippen LogP contribution is -2.11. The zero-order valence-electron chi connectivity index (χ0n) is 18.7. The lowest BCUT2D eigenvalue weighted by atomic mass is 10.1. The molecular weight excluding hydrogens is 438 g/mol. The van der Waals surface area contributed by atoms with Crippen LogP contribution < -0.4 is 20.5 Å². The van der Waals surface area contributed by atoms with Gasteiger partial charge in [0.2, 0.25) is 0 Å². The zero-order valence-corrected chi connectivity index (χ0v) is 19.5. The molecule has 1 atom stereocenters. The van der Waals surface area contributed by atoms with Crippen molar-refractivity contribution in [2.24, 2.45) is 5.73 Å². The molecule has 0 aliphatic heterocycles. The normalized spacial score (nSPS) is 11.8. The first-order chi connectivity index (χ1) is 16.0. The van der Waals surface area contributed by atoms with Crippen molar-refractivity contribution in [3.8, 4) is 22.8 Å². The Morgan fingerprint density at radius 3 is 2.76 bits per heavy atom. The average molecular weight is 464 g/mol. The molecular formula is C24H25N5O3S. The van der Waals surface area contributed by atoms with Crippen LogP contribution in [0.5, 0.6) is 11.5 Å². The third-order valence-electron chi connectivity index (χ3n) is 5.04. The molecule has 0 spiro atoms. The quantitative estimate of drug-likeness (QED) is 0.352. The van der Waals surface area contributed by atoms with E-state index in [4.69, 9.17) is 15.2 Å². The smallest absolute Gasteiger partial charge is 0.277 e. The van der Waals surface area contributed by atoms with E-state index in [-0.39, 0.29) is 11.1 Å². The Balaban J connectivity index is 1.68. The second kappa shape index (κ2) is 9.83. The Hall–Kier alpha value is -3.72. The largest absolute Gasteiger partial charge is 0.490 e. The number of nitrogens with two attached hydrogens (primary N) is 1. The standard InChI is InChI=1S/C24H25N5O3S/c1-4-14(3)32-21-11-18-17(10-20(21)31-5-2)23(27-13-26-18)28-16-8-6-7-15(9-16)19-12-33-24(29-19)22(25)30/h6-14H,4-5H2,1-3H3,(H2,25,30)(H,26,27,28). The van der Waals surface area contributed by atoms with Crippen LogP contribution in [0.2, 0.25) is 0 Å². The van der Waals surface area contributed by atoms with Gasteiger partial charge in [0, 0.05) is 28.1 Å². The summed E-state index contributed by atoms with van der Waals surface area (Å²) in [7, 11) is 0. The minimum atomic E-state index is -0.533. The molecule has 0 aliphatic rings. The Labute approximate surface area is 195 Å². The monoisotopic (exact) mass is 463 g/mol. The Morgan fingerprint density at radius 2 is 2.03 bits per heavy atom. The van der Waals surface area contributed by atoms with Gasteiger partial charge in [-0.3, -0.25) is 4.79 Å². The minimum absolute atomic E-state index is 0.0598. The van der Waals surface area contributed by atoms with Gasteiger partial charge in [0.25, 0.3) is 5.91 Å². The van der Waals surface area contributed by atoms with Gasteiger partial charge in [-0.1, -0.05) is 19.1 Å². The molecule has 0 saturated carbocycles. The van der Waals surface area contributed by atoms with Crippen LogP contribution in [0.25, 0.3) is 22.2 Å². The molecule has 4 aromatic rings. The number of amides is 1. The number of benzene rings is 2. The predicted molar refractivity (Wildman–Crippen MR) is 130 cm³/mol. The molecule has 0 bridgehead atoms. The van der Waals surface area contributed by atoms with Gasteiger partial charge in [0.05, 0.1) is 23.9 Å². The number of carbonyl (C=O) groups is 1. The Kier molecular flexibility index (Phi) is 6.69. The molecule has 2 aromatic heterocycles. The number of ether oxygens (including phenoxy) is 2. The molecule has 1 amide bonds. The van der Waals surface area contributed by atoms with Gasteiger partial charge in [-0.2, -0.15) is 0 Å². The summed E-state index contributed by atoms with van der Waals surface area (Å²) in [6.07, 6.45) is 2.46. The fourth-order valence-electron chi connectivity index (χ4n) is 3.24. The maximum absolute atomic E-state index is 11.4. The summed E-state index contributed by atoms with van der Waals surface area (Å²) in [5.41, 5.74) is 8.45. The average Bonchev–Trinajstić information content (AvgIpc) is 3.31. The van der Waals surface area contributed by atoms with Crippen molar-refractivity contribution in [1.82, 2.24) is 15.0 Å². The molecule has 33 heavy (non-hydrogen) atoms. The summed E-state index contributed by atoms with van der Waals surface area (Å²) in [6, 6.07) is 11.5.